The van der Waals surface area contributed by atoms with E-state index in [1.165, 1.54) is 5.39 Å². The molecule has 1 heterocycles. The smallest absolute Gasteiger partial charge is 0.176 e. The molecular formula is C13H16NO+. The van der Waals surface area contributed by atoms with Crippen molar-refractivity contribution in [2.75, 3.05) is 0 Å². The normalized spacial score (nSPS) is 11.2. The number of aryl methyl sites for hydroxylation is 1. The van der Waals surface area contributed by atoms with Gasteiger partial charge in [-0.1, -0.05) is 0 Å². The van der Waals surface area contributed by atoms with Gasteiger partial charge in [-0.15, -0.1) is 0 Å². The van der Waals surface area contributed by atoms with E-state index in [-0.39, 0.29) is 0 Å². The van der Waals surface area contributed by atoms with Gasteiger partial charge in [0.2, 0.25) is 0 Å². The Balaban J connectivity index is 2.66. The highest BCUT2D eigenvalue weighted by Crippen LogP contribution is 2.23. The summed E-state index contributed by atoms with van der Waals surface area (Å²) in [7, 11) is 0. The Bertz CT molecular complexity index is 503. The minimum atomic E-state index is 0.366. The summed E-state index contributed by atoms with van der Waals surface area (Å²) < 4.78 is 2.17. The molecule has 0 saturated heterocycles. The Labute approximate surface area is 89.8 Å². The first-order valence-corrected chi connectivity index (χ1v) is 5.22. The largest absolute Gasteiger partial charge is 0.508 e. The molecular weight excluding hydrogens is 186 g/mol. The number of hydrogen-bond donors (Lipinski definition) is 1. The Morgan fingerprint density at radius 2 is 1.93 bits per heavy atom. The molecule has 1 aromatic carbocycles. The number of nitrogens with zero attached hydrogens (tertiary/aromatic N) is 1. The lowest BCUT2D eigenvalue weighted by Gasteiger charge is -2.04. The second-order valence-corrected chi connectivity index (χ2v) is 4.25. The van der Waals surface area contributed by atoms with E-state index in [0.29, 0.717) is 11.8 Å². The van der Waals surface area contributed by atoms with Crippen molar-refractivity contribution in [2.45, 2.75) is 26.8 Å². The molecule has 1 N–H and O–H groups in total. The fourth-order valence-electron chi connectivity index (χ4n) is 1.68. The van der Waals surface area contributed by atoms with Crippen LogP contribution in [0.15, 0.2) is 30.6 Å². The van der Waals surface area contributed by atoms with E-state index in [4.69, 9.17) is 0 Å². The van der Waals surface area contributed by atoms with Gasteiger partial charge in [-0.25, -0.2) is 4.57 Å². The van der Waals surface area contributed by atoms with Crippen LogP contribution >= 0.6 is 0 Å². The SMILES string of the molecule is Cc1cc2c[n+](C(C)C)ccc2cc1O. The van der Waals surface area contributed by atoms with Gasteiger partial charge in [0.15, 0.2) is 18.4 Å². The zero-order chi connectivity index (χ0) is 11.0. The maximum atomic E-state index is 9.59. The molecule has 15 heavy (non-hydrogen) atoms. The second kappa shape index (κ2) is 3.54. The van der Waals surface area contributed by atoms with E-state index in [1.54, 1.807) is 0 Å². The molecule has 0 aliphatic carbocycles. The number of fused-ring (bicyclic) bond motifs is 1. The molecule has 2 rings (SSSR count). The van der Waals surface area contributed by atoms with Gasteiger partial charge in [-0.2, -0.15) is 0 Å². The molecule has 0 saturated carbocycles. The summed E-state index contributed by atoms with van der Waals surface area (Å²) in [6, 6.07) is 6.33. The van der Waals surface area contributed by atoms with Crippen LogP contribution in [0.25, 0.3) is 10.8 Å². The topological polar surface area (TPSA) is 24.1 Å². The number of aromatic nitrogens is 1. The zero-order valence-electron chi connectivity index (χ0n) is 9.36. The summed E-state index contributed by atoms with van der Waals surface area (Å²) in [5.41, 5.74) is 0.920. The van der Waals surface area contributed by atoms with Crippen molar-refractivity contribution in [1.29, 1.82) is 0 Å². The Kier molecular flexibility index (Phi) is 2.35. The molecule has 78 valence electrons. The van der Waals surface area contributed by atoms with Gasteiger partial charge in [0.05, 0.1) is 0 Å². The molecule has 2 aromatic rings. The Morgan fingerprint density at radius 1 is 1.20 bits per heavy atom. The molecule has 0 atom stereocenters. The second-order valence-electron chi connectivity index (χ2n) is 4.25. The molecule has 0 aliphatic rings. The number of phenols is 1. The van der Waals surface area contributed by atoms with Crippen molar-refractivity contribution in [3.63, 3.8) is 0 Å². The van der Waals surface area contributed by atoms with Crippen molar-refractivity contribution in [3.05, 3.63) is 36.2 Å². The maximum absolute atomic E-state index is 9.59. The first kappa shape index (κ1) is 9.97. The summed E-state index contributed by atoms with van der Waals surface area (Å²) in [5, 5.41) is 11.8. The monoisotopic (exact) mass is 202 g/mol. The quantitative estimate of drug-likeness (QED) is 0.706. The van der Waals surface area contributed by atoms with Crippen LogP contribution in [0, 0.1) is 6.92 Å². The van der Waals surface area contributed by atoms with E-state index in [1.807, 2.05) is 31.3 Å². The number of rotatable bonds is 1. The van der Waals surface area contributed by atoms with Crippen LogP contribution in [-0.4, -0.2) is 5.11 Å². The fourth-order valence-corrected chi connectivity index (χ4v) is 1.68. The predicted molar refractivity (Wildman–Crippen MR) is 60.9 cm³/mol. The van der Waals surface area contributed by atoms with Gasteiger partial charge in [-0.3, -0.25) is 0 Å². The summed E-state index contributed by atoms with van der Waals surface area (Å²) in [6.45, 7) is 6.22. The Morgan fingerprint density at radius 3 is 2.60 bits per heavy atom. The van der Waals surface area contributed by atoms with Crippen LogP contribution in [0.3, 0.4) is 0 Å². The third-order valence-corrected chi connectivity index (χ3v) is 2.71. The van der Waals surface area contributed by atoms with Crippen LogP contribution in [0.2, 0.25) is 0 Å². The average molecular weight is 202 g/mol. The molecule has 0 fully saturated rings. The van der Waals surface area contributed by atoms with Crippen LogP contribution in [0.4, 0.5) is 0 Å². The molecule has 1 aromatic heterocycles. The standard InChI is InChI=1S/C13H15NO/c1-9(2)14-5-4-11-7-13(15)10(3)6-12(11)8-14/h4-9H,1-3H3/p+1. The van der Waals surface area contributed by atoms with Crippen molar-refractivity contribution in [2.24, 2.45) is 0 Å². The molecule has 0 radical (unpaired) electrons. The number of benzene rings is 1. The van der Waals surface area contributed by atoms with E-state index in [2.05, 4.69) is 24.6 Å². The van der Waals surface area contributed by atoms with Gasteiger partial charge in [0, 0.05) is 11.5 Å². The Hall–Kier alpha value is -1.57. The molecule has 0 spiro atoms. The predicted octanol–water partition coefficient (Wildman–Crippen LogP) is 2.72. The van der Waals surface area contributed by atoms with Gasteiger partial charge in [0.25, 0.3) is 0 Å². The number of hydrogen-bond acceptors (Lipinski definition) is 1. The first-order chi connectivity index (χ1) is 7.08. The van der Waals surface area contributed by atoms with Crippen LogP contribution in [0.5, 0.6) is 5.75 Å². The molecule has 2 heteroatoms. The lowest BCUT2D eigenvalue weighted by molar-refractivity contribution is -0.715. The summed E-state index contributed by atoms with van der Waals surface area (Å²) >= 11 is 0. The fraction of sp³-hybridized carbons (Fsp3) is 0.308. The molecule has 0 aliphatic heterocycles. The third kappa shape index (κ3) is 1.80. The highest BCUT2D eigenvalue weighted by molar-refractivity contribution is 5.83. The number of aromatic hydroxyl groups is 1. The average Bonchev–Trinajstić information content (AvgIpc) is 2.19. The third-order valence-electron chi connectivity index (χ3n) is 2.71. The molecule has 2 nitrogen and oxygen atoms in total. The van der Waals surface area contributed by atoms with Crippen molar-refractivity contribution >= 4 is 10.8 Å². The van der Waals surface area contributed by atoms with Gasteiger partial charge >= 0.3 is 0 Å². The van der Waals surface area contributed by atoms with Crippen LogP contribution in [-0.2, 0) is 0 Å². The van der Waals surface area contributed by atoms with Gasteiger partial charge in [0.1, 0.15) is 5.75 Å². The number of phenolic OH excluding ortho intramolecular Hbond substituents is 1. The van der Waals surface area contributed by atoms with Crippen molar-refractivity contribution < 1.29 is 9.67 Å². The molecule has 0 amide bonds. The van der Waals surface area contributed by atoms with Gasteiger partial charge < -0.3 is 5.11 Å². The van der Waals surface area contributed by atoms with E-state index in [9.17, 15) is 5.11 Å². The summed E-state index contributed by atoms with van der Waals surface area (Å²) in [5.74, 6) is 0.366. The lowest BCUT2D eigenvalue weighted by atomic mass is 10.1. The maximum Gasteiger partial charge on any atom is 0.176 e. The highest BCUT2D eigenvalue weighted by atomic mass is 16.3. The van der Waals surface area contributed by atoms with E-state index in [0.717, 1.165) is 10.9 Å². The van der Waals surface area contributed by atoms with E-state index >= 15 is 0 Å². The number of pyridine rings is 1. The summed E-state index contributed by atoms with van der Waals surface area (Å²) in [4.78, 5) is 0. The zero-order valence-corrected chi connectivity index (χ0v) is 9.36. The van der Waals surface area contributed by atoms with E-state index < -0.39 is 0 Å². The minimum absolute atomic E-state index is 0.366. The summed E-state index contributed by atoms with van der Waals surface area (Å²) in [6.07, 6.45) is 4.16. The van der Waals surface area contributed by atoms with Crippen molar-refractivity contribution in [1.82, 2.24) is 0 Å². The van der Waals surface area contributed by atoms with Crippen molar-refractivity contribution in [3.8, 4) is 5.75 Å². The highest BCUT2D eigenvalue weighted by Gasteiger charge is 2.08. The minimum Gasteiger partial charge on any atom is -0.508 e. The van der Waals surface area contributed by atoms with Crippen LogP contribution in [0.1, 0.15) is 25.5 Å². The lowest BCUT2D eigenvalue weighted by Crippen LogP contribution is -2.34. The molecule has 0 bridgehead atoms. The first-order valence-electron chi connectivity index (χ1n) is 5.22. The van der Waals surface area contributed by atoms with Gasteiger partial charge in [-0.05, 0) is 43.9 Å². The van der Waals surface area contributed by atoms with Crippen LogP contribution < -0.4 is 4.57 Å². The molecule has 0 unspecified atom stereocenters.